The molecule has 1 aromatic carbocycles. The molecule has 1 aliphatic rings. The first-order valence-corrected chi connectivity index (χ1v) is 9.60. The molecular weight excluding hydrogens is 419 g/mol. The van der Waals surface area contributed by atoms with E-state index in [1.165, 1.54) is 6.07 Å². The molecule has 1 aliphatic carbocycles. The molecule has 8 heteroatoms. The first-order valence-electron chi connectivity index (χ1n) is 8.40. The van der Waals surface area contributed by atoms with Crippen molar-refractivity contribution < 1.29 is 8.81 Å². The van der Waals surface area contributed by atoms with Crippen molar-refractivity contribution in [2.75, 3.05) is 7.05 Å². The Hall–Kier alpha value is -1.77. The molecule has 0 amide bonds. The third kappa shape index (κ3) is 3.54. The summed E-state index contributed by atoms with van der Waals surface area (Å²) in [6.45, 7) is 1.12. The highest BCUT2D eigenvalue weighted by Gasteiger charge is 2.30. The van der Waals surface area contributed by atoms with Gasteiger partial charge in [0.05, 0.1) is 18.8 Å². The van der Waals surface area contributed by atoms with Gasteiger partial charge in [-0.15, -0.1) is 0 Å². The molecule has 0 unspecified atom stereocenters. The predicted molar refractivity (Wildman–Crippen MR) is 103 cm³/mol. The normalized spacial score (nSPS) is 14.3. The third-order valence-corrected chi connectivity index (χ3v) is 5.16. The standard InChI is InChI=1S/C18H18BrFN4OS/c1-22(10-13-8-9-16(19)25-13)11-23-18(26)24(12-6-7-12)17(21-23)14-4-2-3-5-15(14)20/h2-5,8-9,12H,6-7,10-11H2,1H3. The van der Waals surface area contributed by atoms with Gasteiger partial charge in [-0.05, 0) is 72.3 Å². The zero-order chi connectivity index (χ0) is 18.3. The van der Waals surface area contributed by atoms with Crippen LogP contribution >= 0.6 is 28.1 Å². The van der Waals surface area contributed by atoms with Crippen molar-refractivity contribution in [2.24, 2.45) is 0 Å². The van der Waals surface area contributed by atoms with Crippen molar-refractivity contribution in [1.29, 1.82) is 0 Å². The van der Waals surface area contributed by atoms with Crippen molar-refractivity contribution in [1.82, 2.24) is 19.2 Å². The van der Waals surface area contributed by atoms with Crippen LogP contribution in [0.3, 0.4) is 0 Å². The number of benzene rings is 1. The molecule has 136 valence electrons. The second-order valence-corrected chi connectivity index (χ2v) is 7.69. The van der Waals surface area contributed by atoms with E-state index in [4.69, 9.17) is 16.6 Å². The van der Waals surface area contributed by atoms with Gasteiger partial charge in [0.25, 0.3) is 0 Å². The third-order valence-electron chi connectivity index (χ3n) is 4.33. The lowest BCUT2D eigenvalue weighted by atomic mass is 10.2. The first kappa shape index (κ1) is 17.6. The predicted octanol–water partition coefficient (Wildman–Crippen LogP) is 5.00. The molecule has 2 aromatic heterocycles. The second-order valence-electron chi connectivity index (χ2n) is 6.55. The monoisotopic (exact) mass is 436 g/mol. The minimum atomic E-state index is -0.282. The fraction of sp³-hybridized carbons (Fsp3) is 0.333. The maximum atomic E-state index is 14.3. The van der Waals surface area contributed by atoms with Crippen LogP contribution in [0.5, 0.6) is 0 Å². The van der Waals surface area contributed by atoms with Gasteiger partial charge in [0.1, 0.15) is 11.6 Å². The molecule has 0 atom stereocenters. The quantitative estimate of drug-likeness (QED) is 0.509. The van der Waals surface area contributed by atoms with Crippen molar-refractivity contribution in [3.8, 4) is 11.4 Å². The van der Waals surface area contributed by atoms with Gasteiger partial charge in [-0.3, -0.25) is 9.47 Å². The summed E-state index contributed by atoms with van der Waals surface area (Å²) in [5.41, 5.74) is 0.488. The molecule has 5 nitrogen and oxygen atoms in total. The largest absolute Gasteiger partial charge is 0.453 e. The summed E-state index contributed by atoms with van der Waals surface area (Å²) in [6.07, 6.45) is 2.11. The molecular formula is C18H18BrFN4OS. The SMILES string of the molecule is CN(Cc1ccc(Br)o1)Cn1nc(-c2ccccc2F)n(C2CC2)c1=S. The van der Waals surface area contributed by atoms with Gasteiger partial charge in [-0.25, -0.2) is 9.07 Å². The molecule has 26 heavy (non-hydrogen) atoms. The Labute approximate surface area is 164 Å². The van der Waals surface area contributed by atoms with Gasteiger partial charge < -0.3 is 4.42 Å². The molecule has 0 spiro atoms. The number of rotatable bonds is 6. The zero-order valence-electron chi connectivity index (χ0n) is 14.2. The minimum absolute atomic E-state index is 0.282. The van der Waals surface area contributed by atoms with Gasteiger partial charge >= 0.3 is 0 Å². The Morgan fingerprint density at radius 3 is 2.73 bits per heavy atom. The van der Waals surface area contributed by atoms with Crippen LogP contribution < -0.4 is 0 Å². The average molecular weight is 437 g/mol. The lowest BCUT2D eigenvalue weighted by molar-refractivity contribution is 0.224. The summed E-state index contributed by atoms with van der Waals surface area (Å²) >= 11 is 8.95. The smallest absolute Gasteiger partial charge is 0.199 e. The van der Waals surface area contributed by atoms with Crippen LogP contribution in [0.4, 0.5) is 4.39 Å². The van der Waals surface area contributed by atoms with Crippen molar-refractivity contribution in [2.45, 2.75) is 32.1 Å². The fourth-order valence-electron chi connectivity index (χ4n) is 2.98. The summed E-state index contributed by atoms with van der Waals surface area (Å²) in [7, 11) is 1.97. The van der Waals surface area contributed by atoms with E-state index in [9.17, 15) is 4.39 Å². The fourth-order valence-corrected chi connectivity index (χ4v) is 3.66. The van der Waals surface area contributed by atoms with Gasteiger partial charge in [-0.2, -0.15) is 5.10 Å². The average Bonchev–Trinajstić information content (AvgIpc) is 3.28. The van der Waals surface area contributed by atoms with E-state index in [0.717, 1.165) is 18.6 Å². The maximum Gasteiger partial charge on any atom is 0.199 e. The Bertz CT molecular complexity index is 991. The summed E-state index contributed by atoms with van der Waals surface area (Å²) in [5, 5.41) is 4.64. The summed E-state index contributed by atoms with van der Waals surface area (Å²) < 4.78 is 24.9. The number of aromatic nitrogens is 3. The van der Waals surface area contributed by atoms with E-state index in [2.05, 4.69) is 25.9 Å². The highest BCUT2D eigenvalue weighted by molar-refractivity contribution is 9.10. The van der Waals surface area contributed by atoms with Crippen molar-refractivity contribution in [3.63, 3.8) is 0 Å². The molecule has 0 N–H and O–H groups in total. The molecule has 0 saturated heterocycles. The summed E-state index contributed by atoms with van der Waals surface area (Å²) in [6, 6.07) is 10.8. The van der Waals surface area contributed by atoms with Gasteiger partial charge in [0, 0.05) is 6.04 Å². The number of hydrogen-bond donors (Lipinski definition) is 0. The van der Waals surface area contributed by atoms with E-state index in [1.54, 1.807) is 16.8 Å². The zero-order valence-corrected chi connectivity index (χ0v) is 16.6. The molecule has 3 aromatic rings. The highest BCUT2D eigenvalue weighted by atomic mass is 79.9. The van der Waals surface area contributed by atoms with Crippen LogP contribution in [-0.4, -0.2) is 26.3 Å². The van der Waals surface area contributed by atoms with E-state index in [0.29, 0.717) is 40.1 Å². The van der Waals surface area contributed by atoms with Crippen LogP contribution in [-0.2, 0) is 13.2 Å². The molecule has 0 radical (unpaired) electrons. The molecule has 4 rings (SSSR count). The Kier molecular flexibility index (Phi) is 4.81. The lowest BCUT2D eigenvalue weighted by Gasteiger charge is -2.14. The van der Waals surface area contributed by atoms with Crippen molar-refractivity contribution in [3.05, 3.63) is 57.4 Å². The molecule has 1 saturated carbocycles. The number of halogens is 2. The highest BCUT2D eigenvalue weighted by Crippen LogP contribution is 2.39. The summed E-state index contributed by atoms with van der Waals surface area (Å²) in [4.78, 5) is 2.05. The molecule has 0 aliphatic heterocycles. The number of hydrogen-bond acceptors (Lipinski definition) is 4. The maximum absolute atomic E-state index is 14.3. The molecule has 2 heterocycles. The van der Waals surface area contributed by atoms with E-state index >= 15 is 0 Å². The van der Waals surface area contributed by atoms with Crippen LogP contribution in [0.15, 0.2) is 45.5 Å². The Balaban J connectivity index is 1.64. The Morgan fingerprint density at radius 1 is 1.31 bits per heavy atom. The molecule has 0 bridgehead atoms. The lowest BCUT2D eigenvalue weighted by Crippen LogP contribution is -2.22. The van der Waals surface area contributed by atoms with Crippen LogP contribution in [0.2, 0.25) is 0 Å². The second kappa shape index (κ2) is 7.09. The molecule has 1 fully saturated rings. The number of furan rings is 1. The van der Waals surface area contributed by atoms with E-state index < -0.39 is 0 Å². The van der Waals surface area contributed by atoms with Gasteiger partial charge in [0.15, 0.2) is 15.3 Å². The van der Waals surface area contributed by atoms with E-state index in [-0.39, 0.29) is 5.82 Å². The van der Waals surface area contributed by atoms with Crippen LogP contribution in [0.25, 0.3) is 11.4 Å². The first-order chi connectivity index (χ1) is 12.5. The van der Waals surface area contributed by atoms with Crippen molar-refractivity contribution >= 4 is 28.1 Å². The number of nitrogens with zero attached hydrogens (tertiary/aromatic N) is 4. The van der Waals surface area contributed by atoms with E-state index in [1.807, 2.05) is 29.8 Å². The summed E-state index contributed by atoms with van der Waals surface area (Å²) in [5.74, 6) is 1.17. The topological polar surface area (TPSA) is 39.1 Å². The van der Waals surface area contributed by atoms with Gasteiger partial charge in [0.2, 0.25) is 0 Å². The van der Waals surface area contributed by atoms with Crippen LogP contribution in [0, 0.1) is 10.6 Å². The minimum Gasteiger partial charge on any atom is -0.453 e. The Morgan fingerprint density at radius 2 is 2.08 bits per heavy atom. The van der Waals surface area contributed by atoms with Gasteiger partial charge in [-0.1, -0.05) is 12.1 Å². The van der Waals surface area contributed by atoms with Crippen LogP contribution in [0.1, 0.15) is 24.6 Å².